The molecule has 1 aliphatic heterocycles. The van der Waals surface area contributed by atoms with Gasteiger partial charge in [0.1, 0.15) is 11.8 Å². The van der Waals surface area contributed by atoms with Gasteiger partial charge in [0.2, 0.25) is 0 Å². The first-order valence-electron chi connectivity index (χ1n) is 8.29. The van der Waals surface area contributed by atoms with Gasteiger partial charge in [-0.15, -0.1) is 0 Å². The van der Waals surface area contributed by atoms with Crippen molar-refractivity contribution in [2.24, 2.45) is 5.92 Å². The van der Waals surface area contributed by atoms with E-state index in [2.05, 4.69) is 37.0 Å². The molecule has 0 amide bonds. The Balaban J connectivity index is 1.62. The number of hydrogen-bond acceptors (Lipinski definition) is 5. The quantitative estimate of drug-likeness (QED) is 0.772. The van der Waals surface area contributed by atoms with Crippen LogP contribution in [0.5, 0.6) is 0 Å². The topological polar surface area (TPSA) is 77.9 Å². The maximum atomic E-state index is 10.9. The van der Waals surface area contributed by atoms with Crippen molar-refractivity contribution in [3.8, 4) is 0 Å². The summed E-state index contributed by atoms with van der Waals surface area (Å²) >= 11 is 0. The van der Waals surface area contributed by atoms with Gasteiger partial charge in [-0.25, -0.2) is 15.0 Å². The number of anilines is 1. The summed E-state index contributed by atoms with van der Waals surface area (Å²) in [5.74, 6) is 1.01. The zero-order valence-electron chi connectivity index (χ0n) is 13.7. The van der Waals surface area contributed by atoms with Crippen molar-refractivity contribution in [2.75, 3.05) is 18.0 Å². The molecule has 1 fully saturated rings. The first-order valence-corrected chi connectivity index (χ1v) is 8.29. The number of imidazole rings is 1. The summed E-state index contributed by atoms with van der Waals surface area (Å²) in [5.41, 5.74) is 2.11. The van der Waals surface area contributed by atoms with E-state index in [1.54, 1.807) is 12.7 Å². The third-order valence-corrected chi connectivity index (χ3v) is 5.04. The smallest absolute Gasteiger partial charge is 0.182 e. The number of rotatable bonds is 3. The van der Waals surface area contributed by atoms with Gasteiger partial charge in [0.15, 0.2) is 11.5 Å². The Morgan fingerprint density at radius 1 is 1.25 bits per heavy atom. The lowest BCUT2D eigenvalue weighted by Crippen LogP contribution is -2.51. The van der Waals surface area contributed by atoms with E-state index in [1.807, 2.05) is 25.1 Å². The highest BCUT2D eigenvalue weighted by Gasteiger charge is 2.38. The number of nitrogens with zero attached hydrogens (tertiary/aromatic N) is 4. The Morgan fingerprint density at radius 3 is 2.92 bits per heavy atom. The predicted molar refractivity (Wildman–Crippen MR) is 92.8 cm³/mol. The third-order valence-electron chi connectivity index (χ3n) is 5.04. The van der Waals surface area contributed by atoms with Crippen LogP contribution >= 0.6 is 0 Å². The van der Waals surface area contributed by atoms with Crippen LogP contribution in [0.15, 0.2) is 43.0 Å². The van der Waals surface area contributed by atoms with E-state index in [9.17, 15) is 5.11 Å². The van der Waals surface area contributed by atoms with Crippen LogP contribution in [-0.2, 0) is 6.42 Å². The number of fused-ring (bicyclic) bond motifs is 1. The first kappa shape index (κ1) is 15.1. The summed E-state index contributed by atoms with van der Waals surface area (Å²) in [5, 5.41) is 10.9. The molecule has 0 spiro atoms. The van der Waals surface area contributed by atoms with Crippen molar-refractivity contribution in [1.82, 2.24) is 19.9 Å². The highest BCUT2D eigenvalue weighted by molar-refractivity contribution is 5.82. The lowest BCUT2D eigenvalue weighted by molar-refractivity contribution is -0.0167. The minimum absolute atomic E-state index is 0.140. The number of piperidine rings is 1. The number of aromatic amines is 1. The molecule has 4 rings (SSSR count). The molecule has 2 aromatic heterocycles. The molecule has 0 saturated carbocycles. The normalized spacial score (nSPS) is 24.4. The molecule has 124 valence electrons. The zero-order chi connectivity index (χ0) is 16.6. The van der Waals surface area contributed by atoms with E-state index in [1.165, 1.54) is 5.56 Å². The summed E-state index contributed by atoms with van der Waals surface area (Å²) in [7, 11) is 0. The summed E-state index contributed by atoms with van der Waals surface area (Å²) in [6.45, 7) is 3.47. The first-order chi connectivity index (χ1) is 11.6. The highest BCUT2D eigenvalue weighted by atomic mass is 16.3. The fourth-order valence-corrected chi connectivity index (χ4v) is 3.49. The van der Waals surface area contributed by atoms with Crippen LogP contribution in [-0.4, -0.2) is 43.7 Å². The minimum Gasteiger partial charge on any atom is -0.390 e. The maximum Gasteiger partial charge on any atom is 0.182 e. The SMILES string of the molecule is C[C@@]1(O)CCN(c2ncnc3nc[nH]c23)C[C@@H]1Cc1ccccc1. The second-order valence-corrected chi connectivity index (χ2v) is 6.74. The minimum atomic E-state index is -0.674. The zero-order valence-corrected chi connectivity index (χ0v) is 13.7. The summed E-state index contributed by atoms with van der Waals surface area (Å²) in [6.07, 6.45) is 4.76. The number of benzene rings is 1. The van der Waals surface area contributed by atoms with E-state index in [0.717, 1.165) is 30.8 Å². The number of H-pyrrole nitrogens is 1. The Hall–Kier alpha value is -2.47. The number of nitrogens with one attached hydrogen (secondary N) is 1. The van der Waals surface area contributed by atoms with Crippen molar-refractivity contribution < 1.29 is 5.11 Å². The molecule has 3 aromatic rings. The van der Waals surface area contributed by atoms with E-state index in [0.29, 0.717) is 12.1 Å². The predicted octanol–water partition coefficient (Wildman–Crippen LogP) is 2.17. The van der Waals surface area contributed by atoms with Gasteiger partial charge in [0.05, 0.1) is 11.9 Å². The van der Waals surface area contributed by atoms with Gasteiger partial charge in [-0.05, 0) is 25.3 Å². The van der Waals surface area contributed by atoms with E-state index in [4.69, 9.17) is 0 Å². The number of hydrogen-bond donors (Lipinski definition) is 2. The molecule has 0 radical (unpaired) electrons. The fraction of sp³-hybridized carbons (Fsp3) is 0.389. The fourth-order valence-electron chi connectivity index (χ4n) is 3.49. The van der Waals surface area contributed by atoms with Crippen LogP contribution < -0.4 is 4.90 Å². The van der Waals surface area contributed by atoms with Crippen LogP contribution in [0, 0.1) is 5.92 Å². The Kier molecular flexibility index (Phi) is 3.69. The lowest BCUT2D eigenvalue weighted by atomic mass is 9.79. The van der Waals surface area contributed by atoms with E-state index in [-0.39, 0.29) is 5.92 Å². The molecule has 1 saturated heterocycles. The second kappa shape index (κ2) is 5.87. The van der Waals surface area contributed by atoms with Gasteiger partial charge >= 0.3 is 0 Å². The van der Waals surface area contributed by atoms with E-state index >= 15 is 0 Å². The van der Waals surface area contributed by atoms with Gasteiger partial charge in [-0.2, -0.15) is 0 Å². The maximum absolute atomic E-state index is 10.9. The summed E-state index contributed by atoms with van der Waals surface area (Å²) in [6, 6.07) is 10.3. The molecule has 1 aromatic carbocycles. The van der Waals surface area contributed by atoms with Gasteiger partial charge < -0.3 is 15.0 Å². The van der Waals surface area contributed by atoms with Gasteiger partial charge in [0.25, 0.3) is 0 Å². The van der Waals surface area contributed by atoms with Crippen molar-refractivity contribution in [3.05, 3.63) is 48.5 Å². The molecule has 6 nitrogen and oxygen atoms in total. The molecular weight excluding hydrogens is 302 g/mol. The molecule has 3 heterocycles. The van der Waals surface area contributed by atoms with Crippen LogP contribution in [0.25, 0.3) is 11.2 Å². The second-order valence-electron chi connectivity index (χ2n) is 6.74. The average Bonchev–Trinajstić information content (AvgIpc) is 3.06. The lowest BCUT2D eigenvalue weighted by Gasteiger charge is -2.43. The van der Waals surface area contributed by atoms with Crippen molar-refractivity contribution in [2.45, 2.75) is 25.4 Å². The highest BCUT2D eigenvalue weighted by Crippen LogP contribution is 2.33. The number of aromatic nitrogens is 4. The average molecular weight is 323 g/mol. The molecule has 2 atom stereocenters. The largest absolute Gasteiger partial charge is 0.390 e. The Bertz CT molecular complexity index is 830. The van der Waals surface area contributed by atoms with Crippen LogP contribution in [0.3, 0.4) is 0 Å². The molecule has 24 heavy (non-hydrogen) atoms. The Morgan fingerprint density at radius 2 is 2.08 bits per heavy atom. The van der Waals surface area contributed by atoms with Crippen LogP contribution in [0.4, 0.5) is 5.82 Å². The van der Waals surface area contributed by atoms with Crippen molar-refractivity contribution >= 4 is 17.0 Å². The number of aliphatic hydroxyl groups is 1. The van der Waals surface area contributed by atoms with Gasteiger partial charge in [-0.1, -0.05) is 30.3 Å². The molecule has 2 N–H and O–H groups in total. The summed E-state index contributed by atoms with van der Waals surface area (Å²) in [4.78, 5) is 18.2. The molecule has 0 aliphatic carbocycles. The molecule has 0 bridgehead atoms. The standard InChI is InChI=1S/C18H21N5O/c1-18(24)7-8-23(10-14(18)9-13-5-3-2-4-6-13)17-15-16(20-11-19-15)21-12-22-17/h2-6,11-12,14,24H,7-10H2,1H3,(H,19,20,21,22)/t14-,18+/m0/s1. The molecule has 0 unspecified atom stereocenters. The third kappa shape index (κ3) is 2.73. The molecular formula is C18H21N5O. The van der Waals surface area contributed by atoms with Crippen LogP contribution in [0.2, 0.25) is 0 Å². The van der Waals surface area contributed by atoms with Crippen molar-refractivity contribution in [3.63, 3.8) is 0 Å². The van der Waals surface area contributed by atoms with Crippen molar-refractivity contribution in [1.29, 1.82) is 0 Å². The van der Waals surface area contributed by atoms with Crippen LogP contribution in [0.1, 0.15) is 18.9 Å². The van der Waals surface area contributed by atoms with Gasteiger partial charge in [-0.3, -0.25) is 0 Å². The van der Waals surface area contributed by atoms with E-state index < -0.39 is 5.60 Å². The Labute approximate surface area is 140 Å². The molecule has 6 heteroatoms. The van der Waals surface area contributed by atoms with Gasteiger partial charge in [0, 0.05) is 19.0 Å². The molecule has 1 aliphatic rings. The monoisotopic (exact) mass is 323 g/mol. The summed E-state index contributed by atoms with van der Waals surface area (Å²) < 4.78 is 0.